The average Bonchev–Trinajstić information content (AvgIpc) is 3.80. The standard InChI is InChI=1S/C39H60O13/c1-5-6-7-8-9-12-32(42)50-36-25(19-33(43)46-4)18-28-21-29(24-40)48-34(44)22-31(41)30-23-38(30)15-10-11-27(51-38)20-26-14-17-47-35(49-26)13-16-37(2,3)39(36,45)52-28/h13,16,19,26-31,35-36,40-41,45H,5-12,14-15,17-18,20-24H2,1-4H3/b16-13+,25-19+/t26?,27?,28-,29+,30+,31-,35-,36-,38?,39+/m0/s1. The minimum Gasteiger partial charge on any atom is -0.466 e. The first-order chi connectivity index (χ1) is 24.8. The highest BCUT2D eigenvalue weighted by Gasteiger charge is 2.61. The number of methoxy groups -OCH3 is 1. The zero-order valence-electron chi connectivity index (χ0n) is 31.3. The number of aliphatic hydroxyl groups excluding tert-OH is 2. The topological polar surface area (TPSA) is 177 Å². The van der Waals surface area contributed by atoms with Gasteiger partial charge in [0.25, 0.3) is 0 Å². The molecule has 6 bridgehead atoms. The van der Waals surface area contributed by atoms with Crippen molar-refractivity contribution in [2.24, 2.45) is 11.3 Å². The molecule has 0 aromatic heterocycles. The lowest BCUT2D eigenvalue weighted by molar-refractivity contribution is -0.327. The summed E-state index contributed by atoms with van der Waals surface area (Å²) in [4.78, 5) is 39.1. The highest BCUT2D eigenvalue weighted by Crippen LogP contribution is 2.56. The first-order valence-electron chi connectivity index (χ1n) is 19.3. The molecular formula is C39H60O13. The summed E-state index contributed by atoms with van der Waals surface area (Å²) in [6, 6.07) is 0. The van der Waals surface area contributed by atoms with Gasteiger partial charge in [-0.3, -0.25) is 9.59 Å². The van der Waals surface area contributed by atoms with Gasteiger partial charge in [-0.15, -0.1) is 0 Å². The van der Waals surface area contributed by atoms with E-state index >= 15 is 0 Å². The predicted octanol–water partition coefficient (Wildman–Crippen LogP) is 4.33. The highest BCUT2D eigenvalue weighted by molar-refractivity contribution is 5.83. The predicted molar refractivity (Wildman–Crippen MR) is 186 cm³/mol. The number of hydrogen-bond donors (Lipinski definition) is 3. The number of carbonyl (C=O) groups excluding carboxylic acids is 3. The Balaban J connectivity index is 1.46. The van der Waals surface area contributed by atoms with Crippen molar-refractivity contribution in [1.82, 2.24) is 0 Å². The van der Waals surface area contributed by atoms with E-state index < -0.39 is 72.0 Å². The van der Waals surface area contributed by atoms with E-state index in [2.05, 4.69) is 6.92 Å². The van der Waals surface area contributed by atoms with Crippen molar-refractivity contribution >= 4 is 17.9 Å². The fourth-order valence-electron chi connectivity index (χ4n) is 8.25. The van der Waals surface area contributed by atoms with E-state index in [1.165, 1.54) is 13.2 Å². The van der Waals surface area contributed by atoms with Gasteiger partial charge in [0.1, 0.15) is 6.10 Å². The number of esters is 3. The van der Waals surface area contributed by atoms with Crippen LogP contribution < -0.4 is 0 Å². The van der Waals surface area contributed by atoms with Gasteiger partial charge in [-0.25, -0.2) is 4.79 Å². The Labute approximate surface area is 307 Å². The van der Waals surface area contributed by atoms with Gasteiger partial charge in [0.2, 0.25) is 5.79 Å². The van der Waals surface area contributed by atoms with Gasteiger partial charge in [0.15, 0.2) is 12.4 Å². The number of rotatable bonds is 9. The molecule has 5 rings (SSSR count). The summed E-state index contributed by atoms with van der Waals surface area (Å²) in [6.45, 7) is 5.44. The summed E-state index contributed by atoms with van der Waals surface area (Å²) in [5.41, 5.74) is -1.50. The van der Waals surface area contributed by atoms with Crippen LogP contribution in [0.15, 0.2) is 23.8 Å². The van der Waals surface area contributed by atoms with Crippen LogP contribution in [-0.4, -0.2) is 108 Å². The molecule has 5 aliphatic rings. The molecule has 4 fully saturated rings. The second-order valence-corrected chi connectivity index (χ2v) is 15.8. The van der Waals surface area contributed by atoms with E-state index in [4.69, 9.17) is 33.2 Å². The normalized spacial score (nSPS) is 39.4. The van der Waals surface area contributed by atoms with Crippen molar-refractivity contribution in [3.05, 3.63) is 23.8 Å². The fourth-order valence-corrected chi connectivity index (χ4v) is 8.25. The van der Waals surface area contributed by atoms with Crippen LogP contribution >= 0.6 is 0 Å². The van der Waals surface area contributed by atoms with E-state index in [0.29, 0.717) is 32.3 Å². The van der Waals surface area contributed by atoms with Crippen LogP contribution in [-0.2, 0) is 47.5 Å². The molecule has 4 heterocycles. The maximum atomic E-state index is 13.3. The van der Waals surface area contributed by atoms with Gasteiger partial charge in [-0.2, -0.15) is 0 Å². The van der Waals surface area contributed by atoms with Crippen molar-refractivity contribution in [1.29, 1.82) is 0 Å². The van der Waals surface area contributed by atoms with E-state index in [-0.39, 0.29) is 49.4 Å². The molecule has 3 unspecified atom stereocenters. The largest absolute Gasteiger partial charge is 0.466 e. The molecule has 3 saturated heterocycles. The molecule has 1 spiro atoms. The molecule has 10 atom stereocenters. The smallest absolute Gasteiger partial charge is 0.330 e. The van der Waals surface area contributed by atoms with Gasteiger partial charge >= 0.3 is 17.9 Å². The SMILES string of the molecule is CCCCCCCC(=O)O[C@H]1/C(=C/C(=O)OC)C[C@H]2C[C@H](CO)OC(=O)C[C@H](O)[C@H]3CC34CCCC(CC3CCO[C@H](/C=C/C(C)(C)[C@]1(O)O2)O3)O4. The first-order valence-corrected chi connectivity index (χ1v) is 19.3. The average molecular weight is 737 g/mol. The monoisotopic (exact) mass is 736 g/mol. The Morgan fingerprint density at radius 3 is 2.58 bits per heavy atom. The van der Waals surface area contributed by atoms with Crippen LogP contribution in [0.4, 0.5) is 0 Å². The van der Waals surface area contributed by atoms with Crippen molar-refractivity contribution in [3.8, 4) is 0 Å². The lowest BCUT2D eigenvalue weighted by Gasteiger charge is -2.51. The Bertz CT molecular complexity index is 1300. The Kier molecular flexibility index (Phi) is 14.0. The molecule has 1 aliphatic carbocycles. The summed E-state index contributed by atoms with van der Waals surface area (Å²) in [5, 5.41) is 34.0. The van der Waals surface area contributed by atoms with Crippen molar-refractivity contribution in [2.75, 3.05) is 20.3 Å². The summed E-state index contributed by atoms with van der Waals surface area (Å²) < 4.78 is 41.9. The summed E-state index contributed by atoms with van der Waals surface area (Å²) in [7, 11) is 1.22. The molecule has 0 amide bonds. The molecule has 4 aliphatic heterocycles. The van der Waals surface area contributed by atoms with E-state index in [9.17, 15) is 29.7 Å². The molecular weight excluding hydrogens is 676 g/mol. The minimum atomic E-state index is -2.25. The fraction of sp³-hybridized carbons (Fsp3) is 0.821. The van der Waals surface area contributed by atoms with Gasteiger partial charge in [-0.05, 0) is 56.6 Å². The molecule has 1 saturated carbocycles. The Hall–Kier alpha value is -2.39. The second-order valence-electron chi connectivity index (χ2n) is 15.8. The Morgan fingerprint density at radius 1 is 1.04 bits per heavy atom. The van der Waals surface area contributed by atoms with Crippen molar-refractivity contribution < 1.29 is 62.9 Å². The third-order valence-corrected chi connectivity index (χ3v) is 11.4. The molecule has 13 heteroatoms. The molecule has 294 valence electrons. The lowest BCUT2D eigenvalue weighted by atomic mass is 9.74. The zero-order valence-corrected chi connectivity index (χ0v) is 31.3. The summed E-state index contributed by atoms with van der Waals surface area (Å²) in [5.74, 6) is -4.39. The van der Waals surface area contributed by atoms with Crippen LogP contribution in [0.1, 0.15) is 117 Å². The number of hydrogen-bond acceptors (Lipinski definition) is 13. The molecule has 0 aromatic carbocycles. The molecule has 52 heavy (non-hydrogen) atoms. The summed E-state index contributed by atoms with van der Waals surface area (Å²) >= 11 is 0. The zero-order chi connectivity index (χ0) is 37.5. The Morgan fingerprint density at radius 2 is 1.83 bits per heavy atom. The van der Waals surface area contributed by atoms with Crippen LogP contribution in [0, 0.1) is 11.3 Å². The van der Waals surface area contributed by atoms with E-state index in [1.54, 1.807) is 26.0 Å². The van der Waals surface area contributed by atoms with E-state index in [1.807, 2.05) is 0 Å². The van der Waals surface area contributed by atoms with Crippen LogP contribution in [0.3, 0.4) is 0 Å². The molecule has 0 aromatic rings. The highest BCUT2D eigenvalue weighted by atomic mass is 16.7. The molecule has 3 N–H and O–H groups in total. The lowest BCUT2D eigenvalue weighted by Crippen LogP contribution is -2.62. The number of cyclic esters (lactones) is 1. The number of unbranched alkanes of at least 4 members (excludes halogenated alkanes) is 4. The molecule has 0 radical (unpaired) electrons. The molecule has 13 nitrogen and oxygen atoms in total. The third-order valence-electron chi connectivity index (χ3n) is 11.4. The first kappa shape index (κ1) is 40.8. The summed E-state index contributed by atoms with van der Waals surface area (Å²) in [6.07, 6.45) is 8.30. The maximum Gasteiger partial charge on any atom is 0.330 e. The maximum absolute atomic E-state index is 13.3. The van der Waals surface area contributed by atoms with E-state index in [0.717, 1.165) is 44.9 Å². The van der Waals surface area contributed by atoms with Gasteiger partial charge in [0, 0.05) is 36.7 Å². The van der Waals surface area contributed by atoms with Crippen LogP contribution in [0.5, 0.6) is 0 Å². The number of carbonyl (C=O) groups is 3. The van der Waals surface area contributed by atoms with Crippen molar-refractivity contribution in [3.63, 3.8) is 0 Å². The van der Waals surface area contributed by atoms with Crippen molar-refractivity contribution in [2.45, 2.75) is 171 Å². The quantitative estimate of drug-likeness (QED) is 0.100. The second kappa shape index (κ2) is 17.8. The van der Waals surface area contributed by atoms with Crippen LogP contribution in [0.25, 0.3) is 0 Å². The number of fused-ring (bicyclic) bond motifs is 5. The minimum absolute atomic E-state index is 0.00194. The van der Waals surface area contributed by atoms with Gasteiger partial charge < -0.3 is 48.5 Å². The third kappa shape index (κ3) is 10.0. The van der Waals surface area contributed by atoms with Gasteiger partial charge in [0.05, 0.1) is 56.8 Å². The number of aliphatic hydroxyl groups is 3. The van der Waals surface area contributed by atoms with Crippen LogP contribution in [0.2, 0.25) is 0 Å². The van der Waals surface area contributed by atoms with Gasteiger partial charge in [-0.1, -0.05) is 52.5 Å². The number of ether oxygens (including phenoxy) is 7.